The van der Waals surface area contributed by atoms with Gasteiger partial charge in [0.2, 0.25) is 5.95 Å². The van der Waals surface area contributed by atoms with E-state index in [9.17, 15) is 9.90 Å². The lowest BCUT2D eigenvalue weighted by Crippen LogP contribution is -2.36. The van der Waals surface area contributed by atoms with Crippen molar-refractivity contribution in [3.63, 3.8) is 0 Å². The van der Waals surface area contributed by atoms with Gasteiger partial charge in [0, 0.05) is 38.5 Å². The van der Waals surface area contributed by atoms with Crippen LogP contribution in [0.3, 0.4) is 0 Å². The summed E-state index contributed by atoms with van der Waals surface area (Å²) in [6, 6.07) is 12.5. The van der Waals surface area contributed by atoms with Crippen molar-refractivity contribution in [1.29, 1.82) is 0 Å². The van der Waals surface area contributed by atoms with Gasteiger partial charge in [0.1, 0.15) is 11.4 Å². The van der Waals surface area contributed by atoms with Gasteiger partial charge in [-0.15, -0.1) is 0 Å². The van der Waals surface area contributed by atoms with Crippen LogP contribution in [-0.2, 0) is 10.4 Å². The molecule has 2 N–H and O–H groups in total. The van der Waals surface area contributed by atoms with Gasteiger partial charge in [0.15, 0.2) is 11.4 Å². The van der Waals surface area contributed by atoms with Crippen molar-refractivity contribution in [1.82, 2.24) is 30.0 Å². The minimum absolute atomic E-state index is 0.180. The van der Waals surface area contributed by atoms with Crippen LogP contribution in [0, 0.1) is 6.92 Å². The molecule has 1 fully saturated rings. The first-order valence-corrected chi connectivity index (χ1v) is 10.4. The Morgan fingerprint density at radius 1 is 1.06 bits per heavy atom. The highest BCUT2D eigenvalue weighted by Gasteiger charge is 2.47. The van der Waals surface area contributed by atoms with Crippen LogP contribution in [-0.4, -0.2) is 54.6 Å². The van der Waals surface area contributed by atoms with Crippen molar-refractivity contribution in [2.75, 3.05) is 18.9 Å². The van der Waals surface area contributed by atoms with Crippen molar-refractivity contribution >= 4 is 17.5 Å². The number of nitrogens with zero attached hydrogens (tertiary/aromatic N) is 6. The fourth-order valence-corrected chi connectivity index (χ4v) is 3.70. The van der Waals surface area contributed by atoms with E-state index in [0.29, 0.717) is 35.3 Å². The van der Waals surface area contributed by atoms with Crippen molar-refractivity contribution < 1.29 is 14.4 Å². The number of hydrogen-bond acceptors (Lipinski definition) is 9. The third-order valence-corrected chi connectivity index (χ3v) is 5.62. The summed E-state index contributed by atoms with van der Waals surface area (Å²) in [6.07, 6.45) is 3.63. The maximum absolute atomic E-state index is 12.4. The molecule has 0 aliphatic carbocycles. The quantitative estimate of drug-likeness (QED) is 0.478. The topological polar surface area (TPSA) is 130 Å². The maximum atomic E-state index is 12.4. The lowest BCUT2D eigenvalue weighted by Gasteiger charge is -2.16. The van der Waals surface area contributed by atoms with Gasteiger partial charge in [0.25, 0.3) is 5.91 Å². The van der Waals surface area contributed by atoms with Crippen LogP contribution in [0.2, 0.25) is 0 Å². The van der Waals surface area contributed by atoms with Gasteiger partial charge in [-0.1, -0.05) is 11.2 Å². The lowest BCUT2D eigenvalue weighted by molar-refractivity contribution is -0.143. The van der Waals surface area contributed by atoms with Gasteiger partial charge in [0.05, 0.1) is 22.8 Å². The van der Waals surface area contributed by atoms with E-state index >= 15 is 0 Å². The largest absolute Gasteiger partial charge is 0.374 e. The Balaban J connectivity index is 1.42. The molecular formula is C23H21N7O3. The summed E-state index contributed by atoms with van der Waals surface area (Å²) in [5, 5.41) is 17.9. The zero-order chi connectivity index (χ0) is 23.0. The van der Waals surface area contributed by atoms with Crippen molar-refractivity contribution in [3.8, 4) is 22.8 Å². The number of aromatic nitrogens is 5. The molecule has 166 valence electrons. The molecule has 1 amide bonds. The van der Waals surface area contributed by atoms with E-state index < -0.39 is 11.5 Å². The number of aliphatic hydroxyl groups is 1. The van der Waals surface area contributed by atoms with Crippen molar-refractivity contribution in [2.45, 2.75) is 18.9 Å². The molecule has 0 unspecified atom stereocenters. The van der Waals surface area contributed by atoms with E-state index in [1.54, 1.807) is 37.6 Å². The van der Waals surface area contributed by atoms with Crippen LogP contribution >= 0.6 is 0 Å². The first-order chi connectivity index (χ1) is 15.9. The molecule has 1 aliphatic rings. The smallest absolute Gasteiger partial charge is 0.260 e. The van der Waals surface area contributed by atoms with E-state index in [2.05, 4.69) is 30.4 Å². The Kier molecular flexibility index (Phi) is 5.06. The molecule has 10 heteroatoms. The molecule has 4 aromatic rings. The number of carbonyl (C=O) groups is 1. The van der Waals surface area contributed by atoms with E-state index in [1.807, 2.05) is 31.2 Å². The number of anilines is 2. The Morgan fingerprint density at radius 2 is 1.88 bits per heavy atom. The fourth-order valence-electron chi connectivity index (χ4n) is 3.70. The zero-order valence-corrected chi connectivity index (χ0v) is 18.1. The Morgan fingerprint density at radius 3 is 2.67 bits per heavy atom. The van der Waals surface area contributed by atoms with Crippen LogP contribution in [0.5, 0.6) is 0 Å². The summed E-state index contributed by atoms with van der Waals surface area (Å²) in [6.45, 7) is 2.35. The maximum Gasteiger partial charge on any atom is 0.260 e. The minimum Gasteiger partial charge on any atom is -0.374 e. The second-order valence-electron chi connectivity index (χ2n) is 7.85. The molecule has 10 nitrogen and oxygen atoms in total. The van der Waals surface area contributed by atoms with Crippen molar-refractivity contribution in [3.05, 3.63) is 66.2 Å². The predicted octanol–water partition coefficient (Wildman–Crippen LogP) is 2.69. The Hall–Kier alpha value is -4.18. The SMILES string of the molecule is Cc1ncccc1Nc1nccc(-c2cccc(-c3cc([C@]4(O)CCN(C)C4=O)no3)n2)n1. The number of likely N-dealkylation sites (N-methyl/N-ethyl adjacent to an activating group) is 1. The fraction of sp³-hybridized carbons (Fsp3) is 0.217. The molecule has 0 bridgehead atoms. The van der Waals surface area contributed by atoms with Crippen LogP contribution in [0.15, 0.2) is 59.4 Å². The summed E-state index contributed by atoms with van der Waals surface area (Å²) < 4.78 is 5.42. The van der Waals surface area contributed by atoms with Gasteiger partial charge >= 0.3 is 0 Å². The Labute approximate surface area is 189 Å². The van der Waals surface area contributed by atoms with Gasteiger partial charge < -0.3 is 19.8 Å². The lowest BCUT2D eigenvalue weighted by atomic mass is 9.97. The molecule has 1 atom stereocenters. The molecule has 5 heterocycles. The van der Waals surface area contributed by atoms with Gasteiger partial charge in [-0.05, 0) is 37.3 Å². The number of nitrogens with one attached hydrogen (secondary N) is 1. The first-order valence-electron chi connectivity index (χ1n) is 10.4. The number of carbonyl (C=O) groups excluding carboxylic acids is 1. The monoisotopic (exact) mass is 443 g/mol. The minimum atomic E-state index is -1.67. The summed E-state index contributed by atoms with van der Waals surface area (Å²) >= 11 is 0. The molecule has 1 aliphatic heterocycles. The normalized spacial score (nSPS) is 18.0. The van der Waals surface area contributed by atoms with Crippen molar-refractivity contribution in [2.24, 2.45) is 0 Å². The molecular weight excluding hydrogens is 422 g/mol. The summed E-state index contributed by atoms with van der Waals surface area (Å²) in [4.78, 5) is 31.6. The number of likely N-dealkylation sites (tertiary alicyclic amines) is 1. The molecule has 1 saturated heterocycles. The predicted molar refractivity (Wildman–Crippen MR) is 119 cm³/mol. The molecule has 0 spiro atoms. The average Bonchev–Trinajstić information content (AvgIpc) is 3.43. The first kappa shape index (κ1) is 20.7. The molecule has 4 aromatic heterocycles. The highest BCUT2D eigenvalue weighted by atomic mass is 16.5. The number of aryl methyl sites for hydroxylation is 1. The number of rotatable bonds is 5. The van der Waals surface area contributed by atoms with E-state index in [4.69, 9.17) is 4.52 Å². The van der Waals surface area contributed by atoms with Crippen LogP contribution < -0.4 is 5.32 Å². The molecule has 0 aromatic carbocycles. The van der Waals surface area contributed by atoms with E-state index in [0.717, 1.165) is 11.4 Å². The average molecular weight is 443 g/mol. The van der Waals surface area contributed by atoms with Crippen LogP contribution in [0.25, 0.3) is 22.8 Å². The third-order valence-electron chi connectivity index (χ3n) is 5.62. The number of hydrogen-bond donors (Lipinski definition) is 2. The van der Waals surface area contributed by atoms with Crippen LogP contribution in [0.1, 0.15) is 17.8 Å². The number of pyridine rings is 2. The van der Waals surface area contributed by atoms with Gasteiger partial charge in [-0.3, -0.25) is 9.78 Å². The molecule has 0 saturated carbocycles. The summed E-state index contributed by atoms with van der Waals surface area (Å²) in [5.41, 5.74) is 1.88. The Bertz CT molecular complexity index is 1340. The van der Waals surface area contributed by atoms with Crippen LogP contribution in [0.4, 0.5) is 11.6 Å². The molecule has 5 rings (SSSR count). The molecule has 33 heavy (non-hydrogen) atoms. The van der Waals surface area contributed by atoms with Gasteiger partial charge in [-0.2, -0.15) is 0 Å². The second kappa shape index (κ2) is 8.06. The summed E-state index contributed by atoms with van der Waals surface area (Å²) in [5.74, 6) is 0.374. The standard InChI is InChI=1S/C23H21N7O3/c1-14-15(7-4-10-24-14)27-22-25-11-8-17(28-22)16-5-3-6-18(26-16)19-13-20(29-33-19)23(32)9-12-30(2)21(23)31/h3-8,10-11,13,32H,9,12H2,1-2H3,(H,25,27,28)/t23-/m1/s1. The van der Waals surface area contributed by atoms with E-state index in [1.165, 1.54) is 4.90 Å². The number of amides is 1. The zero-order valence-electron chi connectivity index (χ0n) is 18.1. The third kappa shape index (κ3) is 3.80. The highest BCUT2D eigenvalue weighted by Crippen LogP contribution is 2.34. The highest BCUT2D eigenvalue weighted by molar-refractivity contribution is 5.88. The summed E-state index contributed by atoms with van der Waals surface area (Å²) in [7, 11) is 1.65. The van der Waals surface area contributed by atoms with Gasteiger partial charge in [-0.25, -0.2) is 15.0 Å². The molecule has 0 radical (unpaired) electrons. The second-order valence-corrected chi connectivity index (χ2v) is 7.85. The van der Waals surface area contributed by atoms with E-state index in [-0.39, 0.29) is 12.1 Å².